The molecule has 2 atom stereocenters. The van der Waals surface area contributed by atoms with E-state index in [-0.39, 0.29) is 6.04 Å². The van der Waals surface area contributed by atoms with Crippen molar-refractivity contribution in [1.29, 1.82) is 0 Å². The van der Waals surface area contributed by atoms with E-state index in [1.54, 1.807) is 0 Å². The van der Waals surface area contributed by atoms with Crippen LogP contribution in [-0.4, -0.2) is 21.4 Å². The molecule has 0 aliphatic heterocycles. The number of hydrogen-bond acceptors (Lipinski definition) is 3. The van der Waals surface area contributed by atoms with Crippen LogP contribution in [0.15, 0.2) is 36.7 Å². The van der Waals surface area contributed by atoms with Crippen LogP contribution in [0.2, 0.25) is 0 Å². The Morgan fingerprint density at radius 1 is 1.24 bits per heavy atom. The minimum atomic E-state index is -0.493. The second-order valence-corrected chi connectivity index (χ2v) is 5.91. The standard InChI is InChI=1S/C17H25N3O/c1-12(2)20-11-16(9-19-20)14(4)18-10-17(21)15-7-5-6-13(3)8-15/h5-9,11-12,14,17-18,21H,10H2,1-4H3. The van der Waals surface area contributed by atoms with Gasteiger partial charge in [0, 0.05) is 30.4 Å². The van der Waals surface area contributed by atoms with Gasteiger partial charge in [0.15, 0.2) is 0 Å². The van der Waals surface area contributed by atoms with E-state index in [9.17, 15) is 5.11 Å². The van der Waals surface area contributed by atoms with Crippen LogP contribution >= 0.6 is 0 Å². The van der Waals surface area contributed by atoms with Crippen molar-refractivity contribution in [2.24, 2.45) is 0 Å². The maximum Gasteiger partial charge on any atom is 0.0914 e. The Hall–Kier alpha value is -1.65. The zero-order valence-electron chi connectivity index (χ0n) is 13.2. The van der Waals surface area contributed by atoms with Crippen molar-refractivity contribution >= 4 is 0 Å². The molecule has 2 rings (SSSR count). The highest BCUT2D eigenvalue weighted by Gasteiger charge is 2.12. The van der Waals surface area contributed by atoms with Crippen molar-refractivity contribution in [2.75, 3.05) is 6.54 Å². The smallest absolute Gasteiger partial charge is 0.0914 e. The van der Waals surface area contributed by atoms with E-state index in [1.807, 2.05) is 42.1 Å². The summed E-state index contributed by atoms with van der Waals surface area (Å²) < 4.78 is 1.95. The van der Waals surface area contributed by atoms with Gasteiger partial charge in [-0.15, -0.1) is 0 Å². The summed E-state index contributed by atoms with van der Waals surface area (Å²) in [7, 11) is 0. The lowest BCUT2D eigenvalue weighted by Gasteiger charge is -2.17. The average Bonchev–Trinajstić information content (AvgIpc) is 2.94. The number of aromatic nitrogens is 2. The van der Waals surface area contributed by atoms with E-state index in [1.165, 1.54) is 0 Å². The molecule has 21 heavy (non-hydrogen) atoms. The summed E-state index contributed by atoms with van der Waals surface area (Å²) in [6.07, 6.45) is 3.45. The monoisotopic (exact) mass is 287 g/mol. The highest BCUT2D eigenvalue weighted by Crippen LogP contribution is 2.17. The molecule has 2 N–H and O–H groups in total. The summed E-state index contributed by atoms with van der Waals surface area (Å²) in [4.78, 5) is 0. The predicted octanol–water partition coefficient (Wildman–Crippen LogP) is 3.16. The fourth-order valence-corrected chi connectivity index (χ4v) is 2.26. The normalized spacial score (nSPS) is 14.4. The number of nitrogens with one attached hydrogen (secondary N) is 1. The van der Waals surface area contributed by atoms with Crippen molar-refractivity contribution in [2.45, 2.75) is 45.9 Å². The molecule has 2 aromatic rings. The first kappa shape index (κ1) is 15.7. The molecule has 1 aromatic carbocycles. The Kier molecular flexibility index (Phi) is 5.15. The van der Waals surface area contributed by atoms with Gasteiger partial charge in [0.05, 0.1) is 12.3 Å². The predicted molar refractivity (Wildman–Crippen MR) is 85.2 cm³/mol. The van der Waals surface area contributed by atoms with Crippen LogP contribution < -0.4 is 5.32 Å². The van der Waals surface area contributed by atoms with Gasteiger partial charge in [0.2, 0.25) is 0 Å². The Morgan fingerprint density at radius 3 is 2.62 bits per heavy atom. The Morgan fingerprint density at radius 2 is 2.00 bits per heavy atom. The van der Waals surface area contributed by atoms with Gasteiger partial charge in [0.25, 0.3) is 0 Å². The number of hydrogen-bond donors (Lipinski definition) is 2. The van der Waals surface area contributed by atoms with Gasteiger partial charge in [-0.05, 0) is 33.3 Å². The average molecular weight is 287 g/mol. The first-order valence-electron chi connectivity index (χ1n) is 7.49. The van der Waals surface area contributed by atoms with Gasteiger partial charge in [0.1, 0.15) is 0 Å². The van der Waals surface area contributed by atoms with Gasteiger partial charge in [-0.1, -0.05) is 29.8 Å². The van der Waals surface area contributed by atoms with Crippen LogP contribution in [-0.2, 0) is 0 Å². The molecule has 0 amide bonds. The van der Waals surface area contributed by atoms with Gasteiger partial charge < -0.3 is 10.4 Å². The van der Waals surface area contributed by atoms with Crippen LogP contribution in [0.3, 0.4) is 0 Å². The third-order valence-electron chi connectivity index (χ3n) is 3.69. The van der Waals surface area contributed by atoms with Crippen molar-refractivity contribution in [3.63, 3.8) is 0 Å². The maximum atomic E-state index is 10.3. The molecule has 4 heteroatoms. The quantitative estimate of drug-likeness (QED) is 0.858. The first-order chi connectivity index (χ1) is 9.97. The number of aliphatic hydroxyl groups excluding tert-OH is 1. The second-order valence-electron chi connectivity index (χ2n) is 5.91. The highest BCUT2D eigenvalue weighted by molar-refractivity contribution is 5.24. The summed E-state index contributed by atoms with van der Waals surface area (Å²) in [5.74, 6) is 0. The molecular weight excluding hydrogens is 262 g/mol. The van der Waals surface area contributed by atoms with E-state index in [0.717, 1.165) is 16.7 Å². The van der Waals surface area contributed by atoms with Gasteiger partial charge in [-0.25, -0.2) is 0 Å². The van der Waals surface area contributed by atoms with E-state index in [4.69, 9.17) is 0 Å². The lowest BCUT2D eigenvalue weighted by atomic mass is 10.1. The highest BCUT2D eigenvalue weighted by atomic mass is 16.3. The number of aliphatic hydroxyl groups is 1. The molecule has 0 spiro atoms. The molecule has 1 heterocycles. The van der Waals surface area contributed by atoms with Crippen molar-refractivity contribution in [3.8, 4) is 0 Å². The molecule has 0 aliphatic rings. The van der Waals surface area contributed by atoms with E-state index >= 15 is 0 Å². The summed E-state index contributed by atoms with van der Waals surface area (Å²) >= 11 is 0. The Balaban J connectivity index is 1.92. The SMILES string of the molecule is Cc1cccc(C(O)CNC(C)c2cnn(C(C)C)c2)c1. The minimum absolute atomic E-state index is 0.164. The number of aryl methyl sites for hydroxylation is 1. The van der Waals surface area contributed by atoms with Crippen molar-refractivity contribution < 1.29 is 5.11 Å². The number of nitrogens with zero attached hydrogens (tertiary/aromatic N) is 2. The summed E-state index contributed by atoms with van der Waals surface area (Å²) in [6, 6.07) is 8.52. The topological polar surface area (TPSA) is 50.1 Å². The third-order valence-corrected chi connectivity index (χ3v) is 3.69. The third kappa shape index (κ3) is 4.16. The molecule has 114 valence electrons. The van der Waals surface area contributed by atoms with E-state index in [2.05, 4.69) is 37.4 Å². The zero-order valence-corrected chi connectivity index (χ0v) is 13.2. The molecule has 4 nitrogen and oxygen atoms in total. The fourth-order valence-electron chi connectivity index (χ4n) is 2.26. The molecule has 0 bridgehead atoms. The largest absolute Gasteiger partial charge is 0.387 e. The molecule has 0 radical (unpaired) electrons. The fraction of sp³-hybridized carbons (Fsp3) is 0.471. The van der Waals surface area contributed by atoms with Crippen molar-refractivity contribution in [3.05, 3.63) is 53.3 Å². The Labute approximate surface area is 126 Å². The van der Waals surface area contributed by atoms with Crippen molar-refractivity contribution in [1.82, 2.24) is 15.1 Å². The van der Waals surface area contributed by atoms with E-state index in [0.29, 0.717) is 12.6 Å². The second kappa shape index (κ2) is 6.87. The lowest BCUT2D eigenvalue weighted by Crippen LogP contribution is -2.24. The minimum Gasteiger partial charge on any atom is -0.387 e. The molecule has 0 aliphatic carbocycles. The van der Waals surface area contributed by atoms with Gasteiger partial charge in [-0.3, -0.25) is 4.68 Å². The first-order valence-corrected chi connectivity index (χ1v) is 7.49. The molecule has 0 saturated carbocycles. The molecule has 0 saturated heterocycles. The molecule has 0 fully saturated rings. The van der Waals surface area contributed by atoms with Crippen LogP contribution in [0.5, 0.6) is 0 Å². The Bertz CT molecular complexity index is 577. The number of rotatable bonds is 6. The maximum absolute atomic E-state index is 10.3. The van der Waals surface area contributed by atoms with Crippen LogP contribution in [0.1, 0.15) is 55.6 Å². The summed E-state index contributed by atoms with van der Waals surface area (Å²) in [5.41, 5.74) is 3.26. The summed E-state index contributed by atoms with van der Waals surface area (Å²) in [6.45, 7) is 8.86. The zero-order chi connectivity index (χ0) is 15.4. The van der Waals surface area contributed by atoms with Crippen LogP contribution in [0.4, 0.5) is 0 Å². The van der Waals surface area contributed by atoms with Gasteiger partial charge >= 0.3 is 0 Å². The molecular formula is C17H25N3O. The molecule has 1 aromatic heterocycles. The van der Waals surface area contributed by atoms with Crippen LogP contribution in [0.25, 0.3) is 0 Å². The lowest BCUT2D eigenvalue weighted by molar-refractivity contribution is 0.170. The summed E-state index contributed by atoms with van der Waals surface area (Å²) in [5, 5.41) is 18.0. The van der Waals surface area contributed by atoms with Gasteiger partial charge in [-0.2, -0.15) is 5.10 Å². The molecule has 2 unspecified atom stereocenters. The van der Waals surface area contributed by atoms with Crippen LogP contribution in [0, 0.1) is 6.92 Å². The van der Waals surface area contributed by atoms with E-state index < -0.39 is 6.10 Å². The number of benzene rings is 1.